The summed E-state index contributed by atoms with van der Waals surface area (Å²) in [5.41, 5.74) is 0.956. The molecule has 0 aromatic carbocycles. The molecule has 0 aliphatic heterocycles. The molecule has 0 fully saturated rings. The second-order valence-electron chi connectivity index (χ2n) is 1.69. The first-order valence-electron chi connectivity index (χ1n) is 2.77. The van der Waals surface area contributed by atoms with Crippen molar-refractivity contribution in [3.05, 3.63) is 37.0 Å². The lowest BCUT2D eigenvalue weighted by molar-refractivity contribution is 0.228. The highest BCUT2D eigenvalue weighted by molar-refractivity contribution is 5.18. The summed E-state index contributed by atoms with van der Waals surface area (Å²) < 4.78 is 4.82. The molecule has 0 radical (unpaired) electrons. The monoisotopic (exact) mass is 124 g/mol. The normalized spacial score (nSPS) is 9.89. The molecule has 0 atom stereocenters. The molecular weight excluding hydrogens is 112 g/mol. The summed E-state index contributed by atoms with van der Waals surface area (Å²) in [5.74, 6) is 0. The highest BCUT2D eigenvalue weighted by atomic mass is 16.5. The summed E-state index contributed by atoms with van der Waals surface area (Å²) in [6.07, 6.45) is 5.42. The lowest BCUT2D eigenvalue weighted by Crippen LogP contribution is -1.87. The molecule has 0 saturated heterocycles. The van der Waals surface area contributed by atoms with E-state index >= 15 is 0 Å². The van der Waals surface area contributed by atoms with Crippen LogP contribution < -0.4 is 0 Å². The Bertz CT molecular complexity index is 123. The largest absolute Gasteiger partial charge is 0.380 e. The van der Waals surface area contributed by atoms with Gasteiger partial charge < -0.3 is 4.74 Å². The number of allylic oxidation sites excluding steroid dienone is 2. The minimum absolute atomic E-state index is 0.588. The maximum atomic E-state index is 4.82. The molecule has 0 unspecified atom stereocenters. The molecule has 0 heterocycles. The van der Waals surface area contributed by atoms with Crippen LogP contribution in [0.1, 0.15) is 0 Å². The highest BCUT2D eigenvalue weighted by Crippen LogP contribution is 1.91. The van der Waals surface area contributed by atoms with Gasteiger partial charge in [-0.3, -0.25) is 0 Å². The van der Waals surface area contributed by atoms with Crippen molar-refractivity contribution in [2.75, 3.05) is 13.7 Å². The fraction of sp³-hybridized carbons (Fsp3) is 0.250. The maximum Gasteiger partial charge on any atom is 0.0707 e. The van der Waals surface area contributed by atoms with Gasteiger partial charge >= 0.3 is 0 Å². The van der Waals surface area contributed by atoms with Crippen LogP contribution >= 0.6 is 0 Å². The Labute approximate surface area is 56.3 Å². The van der Waals surface area contributed by atoms with Crippen LogP contribution in [-0.4, -0.2) is 13.7 Å². The second kappa shape index (κ2) is 5.32. The van der Waals surface area contributed by atoms with Crippen molar-refractivity contribution in [3.8, 4) is 0 Å². The predicted molar refractivity (Wildman–Crippen MR) is 40.4 cm³/mol. The Kier molecular flexibility index (Phi) is 4.83. The fourth-order valence-corrected chi connectivity index (χ4v) is 0.438. The molecule has 50 valence electrons. The Hall–Kier alpha value is -0.820. The van der Waals surface area contributed by atoms with E-state index in [1.807, 2.05) is 12.2 Å². The second-order valence-corrected chi connectivity index (χ2v) is 1.69. The molecule has 1 nitrogen and oxygen atoms in total. The average molecular weight is 124 g/mol. The van der Waals surface area contributed by atoms with E-state index in [0.717, 1.165) is 5.57 Å². The lowest BCUT2D eigenvalue weighted by Gasteiger charge is -1.93. The first-order chi connectivity index (χ1) is 4.31. The van der Waals surface area contributed by atoms with Crippen LogP contribution in [0.15, 0.2) is 37.0 Å². The van der Waals surface area contributed by atoms with Gasteiger partial charge in [0.05, 0.1) is 6.61 Å². The van der Waals surface area contributed by atoms with Crippen molar-refractivity contribution >= 4 is 0 Å². The van der Waals surface area contributed by atoms with E-state index in [1.165, 1.54) is 0 Å². The van der Waals surface area contributed by atoms with Crippen LogP contribution in [0, 0.1) is 0 Å². The van der Waals surface area contributed by atoms with Crippen LogP contribution in [0.5, 0.6) is 0 Å². The summed E-state index contributed by atoms with van der Waals surface area (Å²) in [6.45, 7) is 7.83. The third kappa shape index (κ3) is 5.04. The van der Waals surface area contributed by atoms with Gasteiger partial charge in [-0.25, -0.2) is 0 Å². The van der Waals surface area contributed by atoms with E-state index in [0.29, 0.717) is 6.61 Å². The fourth-order valence-electron chi connectivity index (χ4n) is 0.438. The SMILES string of the molecule is C=C/C=C\C(=C)COC. The molecule has 0 bridgehead atoms. The maximum absolute atomic E-state index is 4.82. The van der Waals surface area contributed by atoms with E-state index in [9.17, 15) is 0 Å². The van der Waals surface area contributed by atoms with Crippen LogP contribution in [0.2, 0.25) is 0 Å². The zero-order valence-electron chi connectivity index (χ0n) is 5.76. The number of ether oxygens (including phenoxy) is 1. The summed E-state index contributed by atoms with van der Waals surface area (Å²) in [5, 5.41) is 0. The van der Waals surface area contributed by atoms with Crippen molar-refractivity contribution < 1.29 is 4.74 Å². The van der Waals surface area contributed by atoms with Gasteiger partial charge in [-0.1, -0.05) is 31.4 Å². The molecule has 0 spiro atoms. The van der Waals surface area contributed by atoms with Crippen LogP contribution in [0.25, 0.3) is 0 Å². The van der Waals surface area contributed by atoms with E-state index in [-0.39, 0.29) is 0 Å². The van der Waals surface area contributed by atoms with Crippen LogP contribution in [0.4, 0.5) is 0 Å². The number of methoxy groups -OCH3 is 1. The van der Waals surface area contributed by atoms with Crippen molar-refractivity contribution in [1.29, 1.82) is 0 Å². The molecule has 0 N–H and O–H groups in total. The Morgan fingerprint density at radius 3 is 2.78 bits per heavy atom. The summed E-state index contributed by atoms with van der Waals surface area (Å²) >= 11 is 0. The molecule has 0 amide bonds. The average Bonchev–Trinajstić information content (AvgIpc) is 1.85. The van der Waals surface area contributed by atoms with Gasteiger partial charge in [0.2, 0.25) is 0 Å². The Balaban J connectivity index is 3.49. The standard InChI is InChI=1S/C8H12O/c1-4-5-6-8(2)7-9-3/h4-6H,1-2,7H2,3H3/b6-5-. The van der Waals surface area contributed by atoms with Crippen molar-refractivity contribution in [2.24, 2.45) is 0 Å². The van der Waals surface area contributed by atoms with Crippen molar-refractivity contribution in [2.45, 2.75) is 0 Å². The van der Waals surface area contributed by atoms with Crippen molar-refractivity contribution in [1.82, 2.24) is 0 Å². The van der Waals surface area contributed by atoms with Gasteiger partial charge in [0.25, 0.3) is 0 Å². The molecule has 0 aliphatic carbocycles. The summed E-state index contributed by atoms with van der Waals surface area (Å²) in [7, 11) is 1.65. The molecule has 0 saturated carbocycles. The van der Waals surface area contributed by atoms with E-state index in [2.05, 4.69) is 13.2 Å². The van der Waals surface area contributed by atoms with Gasteiger partial charge in [-0.2, -0.15) is 0 Å². The van der Waals surface area contributed by atoms with Gasteiger partial charge in [-0.05, 0) is 5.57 Å². The summed E-state index contributed by atoms with van der Waals surface area (Å²) in [6, 6.07) is 0. The first kappa shape index (κ1) is 8.18. The highest BCUT2D eigenvalue weighted by Gasteiger charge is 1.81. The number of rotatable bonds is 4. The van der Waals surface area contributed by atoms with Gasteiger partial charge in [0.1, 0.15) is 0 Å². The molecule has 0 aliphatic rings. The van der Waals surface area contributed by atoms with Crippen LogP contribution in [0.3, 0.4) is 0 Å². The zero-order valence-corrected chi connectivity index (χ0v) is 5.76. The lowest BCUT2D eigenvalue weighted by atomic mass is 10.3. The quantitative estimate of drug-likeness (QED) is 0.520. The topological polar surface area (TPSA) is 9.23 Å². The predicted octanol–water partition coefficient (Wildman–Crippen LogP) is 1.93. The molecule has 0 aromatic heterocycles. The van der Waals surface area contributed by atoms with Crippen molar-refractivity contribution in [3.63, 3.8) is 0 Å². The third-order valence-electron chi connectivity index (χ3n) is 0.798. The molecular formula is C8H12O. The minimum atomic E-state index is 0.588. The van der Waals surface area contributed by atoms with E-state index < -0.39 is 0 Å². The summed E-state index contributed by atoms with van der Waals surface area (Å²) in [4.78, 5) is 0. The van der Waals surface area contributed by atoms with E-state index in [4.69, 9.17) is 4.74 Å². The Morgan fingerprint density at radius 2 is 2.33 bits per heavy atom. The molecule has 0 rings (SSSR count). The van der Waals surface area contributed by atoms with Gasteiger partial charge in [-0.15, -0.1) is 0 Å². The van der Waals surface area contributed by atoms with Gasteiger partial charge in [0, 0.05) is 7.11 Å². The molecule has 0 aromatic rings. The molecule has 1 heteroatoms. The zero-order chi connectivity index (χ0) is 7.11. The Morgan fingerprint density at radius 1 is 1.67 bits per heavy atom. The first-order valence-corrected chi connectivity index (χ1v) is 2.77. The van der Waals surface area contributed by atoms with Gasteiger partial charge in [0.15, 0.2) is 0 Å². The number of hydrogen-bond donors (Lipinski definition) is 0. The minimum Gasteiger partial charge on any atom is -0.380 e. The van der Waals surface area contributed by atoms with Crippen LogP contribution in [-0.2, 0) is 4.74 Å². The third-order valence-corrected chi connectivity index (χ3v) is 0.798. The van der Waals surface area contributed by atoms with E-state index in [1.54, 1.807) is 13.2 Å². The smallest absolute Gasteiger partial charge is 0.0707 e. The molecule has 9 heavy (non-hydrogen) atoms. The number of hydrogen-bond acceptors (Lipinski definition) is 1.